The number of benzene rings is 5. The summed E-state index contributed by atoms with van der Waals surface area (Å²) in [4.78, 5) is 80.0. The van der Waals surface area contributed by atoms with Crippen LogP contribution in [0.25, 0.3) is 0 Å². The fourth-order valence-corrected chi connectivity index (χ4v) is 7.74. The van der Waals surface area contributed by atoms with Crippen molar-refractivity contribution in [3.63, 3.8) is 0 Å². The van der Waals surface area contributed by atoms with Crippen molar-refractivity contribution in [3.05, 3.63) is 179 Å². The van der Waals surface area contributed by atoms with E-state index >= 15 is 0 Å². The molecule has 20 nitrogen and oxygen atoms in total. The molecular weight excluding hydrogens is 945 g/mol. The van der Waals surface area contributed by atoms with Crippen LogP contribution in [-0.4, -0.2) is 106 Å². The number of hydrogen-bond donors (Lipinski definition) is 6. The Morgan fingerprint density at radius 2 is 0.568 bits per heavy atom. The summed E-state index contributed by atoms with van der Waals surface area (Å²) in [5.41, 5.74) is 5.20. The zero-order valence-corrected chi connectivity index (χ0v) is 41.4. The van der Waals surface area contributed by atoms with Gasteiger partial charge in [-0.05, 0) is 33.4 Å². The fourth-order valence-electron chi connectivity index (χ4n) is 7.74. The molecule has 0 aliphatic carbocycles. The molecule has 0 aliphatic rings. The lowest BCUT2D eigenvalue weighted by atomic mass is 10.1. The van der Waals surface area contributed by atoms with Crippen molar-refractivity contribution in [1.82, 2.24) is 29.9 Å². The zero-order chi connectivity index (χ0) is 52.1. The second-order valence-electron chi connectivity index (χ2n) is 16.8. The van der Waals surface area contributed by atoms with E-state index in [-0.39, 0.29) is 74.5 Å². The molecule has 7 aromatic rings. The second kappa shape index (κ2) is 26.9. The lowest BCUT2D eigenvalue weighted by Gasteiger charge is -2.20. The van der Waals surface area contributed by atoms with Crippen LogP contribution in [0.1, 0.15) is 33.4 Å². The minimum Gasteiger partial charge on any atom is -0.467 e. The maximum Gasteiger partial charge on any atom is 0.328 e. The Bertz CT molecular complexity index is 2570. The monoisotopic (exact) mass is 1000 g/mol. The number of nitrogens with zero attached hydrogens (tertiary/aromatic N) is 6. The molecule has 0 saturated carbocycles. The van der Waals surface area contributed by atoms with E-state index in [9.17, 15) is 19.2 Å². The van der Waals surface area contributed by atoms with Gasteiger partial charge in [-0.1, -0.05) is 146 Å². The molecule has 2 heterocycles. The highest BCUT2D eigenvalue weighted by atomic mass is 16.5. The van der Waals surface area contributed by atoms with Gasteiger partial charge in [0.2, 0.25) is 35.7 Å². The Labute approximate surface area is 428 Å². The van der Waals surface area contributed by atoms with Crippen LogP contribution in [0.15, 0.2) is 146 Å². The summed E-state index contributed by atoms with van der Waals surface area (Å²) in [6.45, 7) is 0.484. The summed E-state index contributed by atoms with van der Waals surface area (Å²) < 4.78 is 20.6. The maximum atomic E-state index is 13.1. The number of rotatable bonds is 26. The Balaban J connectivity index is 1.12. The summed E-state index contributed by atoms with van der Waals surface area (Å²) in [7, 11) is 5.23. The van der Waals surface area contributed by atoms with Gasteiger partial charge in [-0.25, -0.2) is 19.2 Å². The molecule has 0 saturated heterocycles. The van der Waals surface area contributed by atoms with E-state index in [2.05, 4.69) is 61.8 Å². The minimum atomic E-state index is -0.870. The summed E-state index contributed by atoms with van der Waals surface area (Å²) >= 11 is 0. The lowest BCUT2D eigenvalue weighted by Crippen LogP contribution is -2.35. The highest BCUT2D eigenvalue weighted by Gasteiger charge is 2.27. The molecule has 2 aromatic heterocycles. The number of ether oxygens (including phenoxy) is 4. The molecule has 5 aromatic carbocycles. The van der Waals surface area contributed by atoms with Crippen molar-refractivity contribution < 1.29 is 38.1 Å². The van der Waals surface area contributed by atoms with Gasteiger partial charge in [0, 0.05) is 38.8 Å². The van der Waals surface area contributed by atoms with Gasteiger partial charge in [0.1, 0.15) is 24.2 Å². The number of carbonyl (C=O) groups is 4. The van der Waals surface area contributed by atoms with E-state index in [1.165, 1.54) is 28.4 Å². The number of carbonyl (C=O) groups excluding carboxylic acids is 4. The van der Waals surface area contributed by atoms with Gasteiger partial charge in [-0.2, -0.15) is 29.9 Å². The maximum absolute atomic E-state index is 13.1. The number of aromatic nitrogens is 6. The van der Waals surface area contributed by atoms with Crippen LogP contribution < -0.4 is 31.9 Å². The summed E-state index contributed by atoms with van der Waals surface area (Å²) in [6.07, 6.45) is 1.09. The zero-order valence-electron chi connectivity index (χ0n) is 41.4. The predicted molar refractivity (Wildman–Crippen MR) is 279 cm³/mol. The quantitative estimate of drug-likeness (QED) is 0.0266. The SMILES string of the molecule is COC(=O)[C@H](Cc1ccccc1)Nc1nc(NCc2cccc(CNc3nc(N[C@@H](Cc4ccccc4)C(=O)OC)nc(N[C@@H](Cc4ccccc4)C(=O)OC)n3)c2)nc(N[C@@H](Cc2ccccc2)C(=O)OC)n1. The van der Waals surface area contributed by atoms with Gasteiger partial charge >= 0.3 is 23.9 Å². The highest BCUT2D eigenvalue weighted by Crippen LogP contribution is 2.20. The van der Waals surface area contributed by atoms with Crippen LogP contribution in [0.2, 0.25) is 0 Å². The molecule has 4 atom stereocenters. The standard InChI is InChI=1S/C54H58N12O8/c1-71-45(67)41(29-35-18-9-5-10-19-35)57-51-61-49(62-52(65-51)58-42(46(68)72-2)30-36-20-11-6-12-21-36)55-33-39-26-17-27-40(28-39)34-56-50-63-53(59-43(47(69)73-3)31-37-22-13-7-14-23-37)66-54(64-50)60-44(48(70)74-4)32-38-24-15-8-16-25-38/h5-28,41-44H,29-34H2,1-4H3,(H3,55,57,58,61,62,65)(H3,56,59,60,63,64,66)/t41-,42-,43-,44-/m0/s1. The highest BCUT2D eigenvalue weighted by molar-refractivity contribution is 5.81. The fraction of sp³-hybridized carbons (Fsp3) is 0.259. The molecule has 6 N–H and O–H groups in total. The van der Waals surface area contributed by atoms with E-state index in [4.69, 9.17) is 18.9 Å². The Morgan fingerprint density at radius 1 is 0.338 bits per heavy atom. The largest absolute Gasteiger partial charge is 0.467 e. The molecule has 0 unspecified atom stereocenters. The van der Waals surface area contributed by atoms with Gasteiger partial charge in [0.25, 0.3) is 0 Å². The first kappa shape index (κ1) is 52.6. The molecular formula is C54H58N12O8. The second-order valence-corrected chi connectivity index (χ2v) is 16.8. The van der Waals surface area contributed by atoms with Crippen LogP contribution >= 0.6 is 0 Å². The minimum absolute atomic E-state index is 0.0497. The smallest absolute Gasteiger partial charge is 0.328 e. The summed E-state index contributed by atoms with van der Waals surface area (Å²) in [5.74, 6) is -1.64. The van der Waals surface area contributed by atoms with E-state index in [1.54, 1.807) is 0 Å². The van der Waals surface area contributed by atoms with Crippen molar-refractivity contribution >= 4 is 59.6 Å². The van der Waals surface area contributed by atoms with Gasteiger partial charge in [0.15, 0.2) is 0 Å². The predicted octanol–water partition coefficient (Wildman–Crippen LogP) is 6.07. The van der Waals surface area contributed by atoms with Crippen LogP contribution in [-0.2, 0) is 76.9 Å². The number of hydrogen-bond acceptors (Lipinski definition) is 20. The van der Waals surface area contributed by atoms with Crippen molar-refractivity contribution in [3.8, 4) is 0 Å². The number of esters is 4. The first-order valence-corrected chi connectivity index (χ1v) is 23.7. The third-order valence-corrected chi connectivity index (χ3v) is 11.5. The van der Waals surface area contributed by atoms with E-state index in [1.807, 2.05) is 146 Å². The summed E-state index contributed by atoms with van der Waals surface area (Å²) in [5, 5.41) is 19.0. The topological polar surface area (TPSA) is 255 Å². The number of anilines is 6. The number of nitrogens with one attached hydrogen (secondary N) is 6. The van der Waals surface area contributed by atoms with Gasteiger partial charge in [-0.3, -0.25) is 0 Å². The van der Waals surface area contributed by atoms with Crippen molar-refractivity contribution in [2.75, 3.05) is 60.3 Å². The molecule has 382 valence electrons. The van der Waals surface area contributed by atoms with E-state index in [0.29, 0.717) is 0 Å². The molecule has 74 heavy (non-hydrogen) atoms. The molecule has 0 amide bonds. The lowest BCUT2D eigenvalue weighted by molar-refractivity contribution is -0.142. The summed E-state index contributed by atoms with van der Waals surface area (Å²) in [6, 6.07) is 42.0. The molecule has 7 rings (SSSR count). The van der Waals surface area contributed by atoms with Gasteiger partial charge in [0.05, 0.1) is 28.4 Å². The van der Waals surface area contributed by atoms with E-state index < -0.39 is 48.0 Å². The van der Waals surface area contributed by atoms with Crippen LogP contribution in [0.3, 0.4) is 0 Å². The average molecular weight is 1000 g/mol. The molecule has 0 spiro atoms. The molecule has 0 radical (unpaired) electrons. The first-order valence-electron chi connectivity index (χ1n) is 23.7. The molecule has 0 aliphatic heterocycles. The Morgan fingerprint density at radius 3 is 0.811 bits per heavy atom. The van der Waals surface area contributed by atoms with Crippen LogP contribution in [0.5, 0.6) is 0 Å². The Hall–Kier alpha value is -9.20. The third kappa shape index (κ3) is 15.9. The first-order chi connectivity index (χ1) is 36.1. The van der Waals surface area contributed by atoms with Crippen LogP contribution in [0.4, 0.5) is 35.7 Å². The third-order valence-electron chi connectivity index (χ3n) is 11.5. The normalized spacial score (nSPS) is 12.4. The van der Waals surface area contributed by atoms with E-state index in [0.717, 1.165) is 33.4 Å². The average Bonchev–Trinajstić information content (AvgIpc) is 3.43. The van der Waals surface area contributed by atoms with Crippen LogP contribution in [0, 0.1) is 0 Å². The van der Waals surface area contributed by atoms with Crippen molar-refractivity contribution in [2.45, 2.75) is 62.9 Å². The molecule has 0 bridgehead atoms. The Kier molecular flexibility index (Phi) is 19.1. The van der Waals surface area contributed by atoms with Crippen molar-refractivity contribution in [2.24, 2.45) is 0 Å². The molecule has 20 heteroatoms. The van der Waals surface area contributed by atoms with Gasteiger partial charge in [-0.15, -0.1) is 0 Å². The van der Waals surface area contributed by atoms with Gasteiger partial charge < -0.3 is 50.8 Å². The number of methoxy groups -OCH3 is 4. The molecule has 0 fully saturated rings. The van der Waals surface area contributed by atoms with Crippen molar-refractivity contribution in [1.29, 1.82) is 0 Å².